The fraction of sp³-hybridized carbons (Fsp3) is 0.118. The third-order valence-corrected chi connectivity index (χ3v) is 3.95. The molecule has 1 heterocycles. The summed E-state index contributed by atoms with van der Waals surface area (Å²) >= 11 is 6.01. The molecule has 2 N–H and O–H groups in total. The van der Waals surface area contributed by atoms with Crippen molar-refractivity contribution >= 4 is 35.1 Å². The highest BCUT2D eigenvalue weighted by Gasteiger charge is 2.28. The summed E-state index contributed by atoms with van der Waals surface area (Å²) in [5.41, 5.74) is 1.75. The largest absolute Gasteiger partial charge is 0.329 e. The molecule has 1 aliphatic rings. The van der Waals surface area contributed by atoms with Crippen LogP contribution in [0.25, 0.3) is 0 Å². The molecule has 2 aromatic carbocycles. The predicted octanol–water partition coefficient (Wildman–Crippen LogP) is 2.64. The van der Waals surface area contributed by atoms with Gasteiger partial charge in [0, 0.05) is 5.56 Å². The van der Waals surface area contributed by atoms with Gasteiger partial charge in [-0.1, -0.05) is 35.9 Å². The Kier molecular flexibility index (Phi) is 4.48. The molecule has 0 radical (unpaired) electrons. The van der Waals surface area contributed by atoms with E-state index in [2.05, 4.69) is 10.6 Å². The van der Waals surface area contributed by atoms with Crippen molar-refractivity contribution in [2.24, 2.45) is 0 Å². The average Bonchev–Trinajstić information content (AvgIpc) is 2.89. The number of hydrogen-bond donors (Lipinski definition) is 2. The fourth-order valence-electron chi connectivity index (χ4n) is 2.32. The molecule has 0 saturated carbocycles. The molecule has 0 spiro atoms. The lowest BCUT2D eigenvalue weighted by atomic mass is 10.1. The molecule has 6 nitrogen and oxygen atoms in total. The van der Waals surface area contributed by atoms with Crippen LogP contribution in [0.3, 0.4) is 0 Å². The molecule has 4 amide bonds. The molecule has 122 valence electrons. The maximum absolute atomic E-state index is 12.2. The molecule has 2 aromatic rings. The van der Waals surface area contributed by atoms with E-state index in [9.17, 15) is 14.4 Å². The van der Waals surface area contributed by atoms with E-state index in [4.69, 9.17) is 11.6 Å². The summed E-state index contributed by atoms with van der Waals surface area (Å²) in [6, 6.07) is 13.3. The van der Waals surface area contributed by atoms with Gasteiger partial charge in [-0.15, -0.1) is 0 Å². The summed E-state index contributed by atoms with van der Waals surface area (Å²) in [5.74, 6) is -0.551. The van der Waals surface area contributed by atoms with Gasteiger partial charge in [0.05, 0.1) is 23.8 Å². The Morgan fingerprint density at radius 2 is 1.83 bits per heavy atom. The predicted molar refractivity (Wildman–Crippen MR) is 89.8 cm³/mol. The maximum atomic E-state index is 12.2. The van der Waals surface area contributed by atoms with Crippen LogP contribution in [0, 0.1) is 0 Å². The first kappa shape index (κ1) is 16.0. The van der Waals surface area contributed by atoms with Crippen LogP contribution in [-0.4, -0.2) is 29.3 Å². The number of imide groups is 1. The SMILES string of the molecule is O=C(Nc1ccccc1Cl)c1ccc(CN2C(=O)CNC2=O)cc1. The minimum atomic E-state index is -0.402. The lowest BCUT2D eigenvalue weighted by molar-refractivity contribution is -0.125. The molecule has 0 atom stereocenters. The summed E-state index contributed by atoms with van der Waals surface area (Å²) in [5, 5.41) is 5.66. The quantitative estimate of drug-likeness (QED) is 0.838. The summed E-state index contributed by atoms with van der Waals surface area (Å²) < 4.78 is 0. The van der Waals surface area contributed by atoms with E-state index in [0.717, 1.165) is 10.5 Å². The first-order chi connectivity index (χ1) is 11.5. The molecule has 3 rings (SSSR count). The summed E-state index contributed by atoms with van der Waals surface area (Å²) in [6.45, 7) is 0.203. The molecule has 1 fully saturated rings. The first-order valence-corrected chi connectivity index (χ1v) is 7.65. The standard InChI is InChI=1S/C17H14ClN3O3/c18-13-3-1-2-4-14(13)20-16(23)12-7-5-11(6-8-12)10-21-15(22)9-19-17(21)24/h1-8H,9-10H2,(H,19,24)(H,20,23). The van der Waals surface area contributed by atoms with Crippen molar-refractivity contribution in [1.29, 1.82) is 0 Å². The molecule has 0 aromatic heterocycles. The van der Waals surface area contributed by atoms with Crippen LogP contribution in [0.5, 0.6) is 0 Å². The molecular formula is C17H14ClN3O3. The highest BCUT2D eigenvalue weighted by molar-refractivity contribution is 6.33. The van der Waals surface area contributed by atoms with Crippen LogP contribution in [0.2, 0.25) is 5.02 Å². The number of benzene rings is 2. The summed E-state index contributed by atoms with van der Waals surface area (Å²) in [4.78, 5) is 36.4. The number of nitrogens with zero attached hydrogens (tertiary/aromatic N) is 1. The lowest BCUT2D eigenvalue weighted by Crippen LogP contribution is -2.30. The molecule has 0 unspecified atom stereocenters. The van der Waals surface area contributed by atoms with Gasteiger partial charge < -0.3 is 10.6 Å². The second kappa shape index (κ2) is 6.72. The second-order valence-electron chi connectivity index (χ2n) is 5.27. The van der Waals surface area contributed by atoms with Crippen LogP contribution in [0.15, 0.2) is 48.5 Å². The highest BCUT2D eigenvalue weighted by atomic mass is 35.5. The third kappa shape index (κ3) is 3.38. The number of para-hydroxylation sites is 1. The number of amides is 4. The molecule has 1 saturated heterocycles. The third-order valence-electron chi connectivity index (χ3n) is 3.62. The molecule has 0 bridgehead atoms. The number of anilines is 1. The van der Waals surface area contributed by atoms with Crippen LogP contribution >= 0.6 is 11.6 Å². The fourth-order valence-corrected chi connectivity index (χ4v) is 2.50. The smallest absolute Gasteiger partial charge is 0.324 e. The normalized spacial score (nSPS) is 13.8. The minimum absolute atomic E-state index is 0.0250. The van der Waals surface area contributed by atoms with E-state index in [1.54, 1.807) is 48.5 Å². The number of rotatable bonds is 4. The van der Waals surface area contributed by atoms with E-state index in [-0.39, 0.29) is 24.9 Å². The van der Waals surface area contributed by atoms with E-state index >= 15 is 0 Å². The second-order valence-corrected chi connectivity index (χ2v) is 5.68. The van der Waals surface area contributed by atoms with Crippen molar-refractivity contribution in [2.75, 3.05) is 11.9 Å². The number of carbonyl (C=O) groups excluding carboxylic acids is 3. The number of urea groups is 1. The van der Waals surface area contributed by atoms with Gasteiger partial charge in [-0.3, -0.25) is 14.5 Å². The molecule has 1 aliphatic heterocycles. The van der Waals surface area contributed by atoms with Gasteiger partial charge in [0.1, 0.15) is 0 Å². The van der Waals surface area contributed by atoms with Crippen molar-refractivity contribution in [3.63, 3.8) is 0 Å². The lowest BCUT2D eigenvalue weighted by Gasteiger charge is -2.12. The average molecular weight is 344 g/mol. The maximum Gasteiger partial charge on any atom is 0.324 e. The Hall–Kier alpha value is -2.86. The van der Waals surface area contributed by atoms with Gasteiger partial charge in [-0.05, 0) is 29.8 Å². The molecule has 7 heteroatoms. The van der Waals surface area contributed by atoms with Gasteiger partial charge in [0.2, 0.25) is 5.91 Å². The van der Waals surface area contributed by atoms with Gasteiger partial charge >= 0.3 is 6.03 Å². The van der Waals surface area contributed by atoms with Crippen LogP contribution in [0.4, 0.5) is 10.5 Å². The molecule has 0 aliphatic carbocycles. The summed E-state index contributed by atoms with van der Waals surface area (Å²) in [6.07, 6.45) is 0. The molecule has 24 heavy (non-hydrogen) atoms. The van der Waals surface area contributed by atoms with E-state index < -0.39 is 6.03 Å². The van der Waals surface area contributed by atoms with Crippen LogP contribution in [0.1, 0.15) is 15.9 Å². The zero-order chi connectivity index (χ0) is 17.1. The Labute approximate surface area is 143 Å². The van der Waals surface area contributed by atoms with Gasteiger partial charge in [0.25, 0.3) is 5.91 Å². The number of halogens is 1. The van der Waals surface area contributed by atoms with Gasteiger partial charge in [0.15, 0.2) is 0 Å². The Balaban J connectivity index is 1.68. The number of nitrogens with one attached hydrogen (secondary N) is 2. The topological polar surface area (TPSA) is 78.5 Å². The van der Waals surface area contributed by atoms with Crippen molar-refractivity contribution in [1.82, 2.24) is 10.2 Å². The van der Waals surface area contributed by atoms with Crippen molar-refractivity contribution in [3.8, 4) is 0 Å². The van der Waals surface area contributed by atoms with E-state index in [1.807, 2.05) is 0 Å². The van der Waals surface area contributed by atoms with Crippen LogP contribution < -0.4 is 10.6 Å². The monoisotopic (exact) mass is 343 g/mol. The first-order valence-electron chi connectivity index (χ1n) is 7.27. The summed E-state index contributed by atoms with van der Waals surface area (Å²) in [7, 11) is 0. The van der Waals surface area contributed by atoms with Crippen LogP contribution in [-0.2, 0) is 11.3 Å². The Bertz CT molecular complexity index is 789. The van der Waals surface area contributed by atoms with Crippen molar-refractivity contribution in [3.05, 3.63) is 64.7 Å². The highest BCUT2D eigenvalue weighted by Crippen LogP contribution is 2.21. The number of hydrogen-bond acceptors (Lipinski definition) is 3. The van der Waals surface area contributed by atoms with E-state index in [1.165, 1.54) is 0 Å². The number of carbonyl (C=O) groups is 3. The molecular weight excluding hydrogens is 330 g/mol. The van der Waals surface area contributed by atoms with Gasteiger partial charge in [-0.25, -0.2) is 4.79 Å². The minimum Gasteiger partial charge on any atom is -0.329 e. The Morgan fingerprint density at radius 1 is 1.12 bits per heavy atom. The zero-order valence-corrected chi connectivity index (χ0v) is 13.3. The van der Waals surface area contributed by atoms with Gasteiger partial charge in [-0.2, -0.15) is 0 Å². The zero-order valence-electron chi connectivity index (χ0n) is 12.6. The van der Waals surface area contributed by atoms with Crippen molar-refractivity contribution in [2.45, 2.75) is 6.54 Å². The van der Waals surface area contributed by atoms with E-state index in [0.29, 0.717) is 16.3 Å². The Morgan fingerprint density at radius 3 is 2.46 bits per heavy atom. The van der Waals surface area contributed by atoms with Crippen molar-refractivity contribution < 1.29 is 14.4 Å².